The monoisotopic (exact) mass is 491 g/mol. The van der Waals surface area contributed by atoms with Gasteiger partial charge in [0.25, 0.3) is 0 Å². The molecule has 2 aromatic rings. The van der Waals surface area contributed by atoms with E-state index in [9.17, 15) is 19.2 Å². The van der Waals surface area contributed by atoms with Crippen LogP contribution in [0.5, 0.6) is 0 Å². The Labute approximate surface area is 209 Å². The second kappa shape index (κ2) is 11.1. The molecule has 4 rings (SSSR count). The molecule has 0 radical (unpaired) electrons. The highest BCUT2D eigenvalue weighted by Gasteiger charge is 2.39. The van der Waals surface area contributed by atoms with Gasteiger partial charge in [-0.3, -0.25) is 9.59 Å². The number of nitrogens with zero attached hydrogens (tertiary/aromatic N) is 1. The summed E-state index contributed by atoms with van der Waals surface area (Å²) in [5.74, 6) is -1.95. The molecular formula is C27H29N3O6. The third kappa shape index (κ3) is 5.40. The largest absolute Gasteiger partial charge is 0.463 e. The van der Waals surface area contributed by atoms with Crippen LogP contribution in [0.15, 0.2) is 71.9 Å². The summed E-state index contributed by atoms with van der Waals surface area (Å²) in [5, 5.41) is 5.32. The van der Waals surface area contributed by atoms with Gasteiger partial charge in [0.2, 0.25) is 5.91 Å². The van der Waals surface area contributed by atoms with Gasteiger partial charge < -0.3 is 25.0 Å². The Morgan fingerprint density at radius 3 is 2.36 bits per heavy atom. The van der Waals surface area contributed by atoms with Crippen LogP contribution in [0.4, 0.5) is 4.79 Å². The zero-order valence-corrected chi connectivity index (χ0v) is 20.2. The van der Waals surface area contributed by atoms with Crippen molar-refractivity contribution >= 4 is 23.9 Å². The normalized spacial score (nSPS) is 20.4. The summed E-state index contributed by atoms with van der Waals surface area (Å²) in [6.07, 6.45) is 0.0420. The number of amides is 3. The van der Waals surface area contributed by atoms with Gasteiger partial charge in [-0.15, -0.1) is 0 Å². The molecule has 9 heteroatoms. The topological polar surface area (TPSA) is 114 Å². The molecule has 0 aliphatic carbocycles. The van der Waals surface area contributed by atoms with Crippen LogP contribution in [0.1, 0.15) is 43.5 Å². The molecule has 2 N–H and O–H groups in total. The maximum absolute atomic E-state index is 12.9. The van der Waals surface area contributed by atoms with Gasteiger partial charge in [0, 0.05) is 13.0 Å². The van der Waals surface area contributed by atoms with E-state index in [1.54, 1.807) is 36.1 Å². The van der Waals surface area contributed by atoms with Gasteiger partial charge in [-0.1, -0.05) is 60.7 Å². The number of hydrogen-bond acceptors (Lipinski definition) is 6. The Bertz CT molecular complexity index is 1160. The molecule has 2 aliphatic heterocycles. The third-order valence-corrected chi connectivity index (χ3v) is 6.38. The van der Waals surface area contributed by atoms with Crippen LogP contribution in [-0.4, -0.2) is 48.5 Å². The molecule has 0 aromatic heterocycles. The van der Waals surface area contributed by atoms with Gasteiger partial charge in [0.1, 0.15) is 6.61 Å². The van der Waals surface area contributed by atoms with E-state index in [1.165, 1.54) is 0 Å². The first kappa shape index (κ1) is 25.0. The van der Waals surface area contributed by atoms with E-state index in [0.717, 1.165) is 5.56 Å². The van der Waals surface area contributed by atoms with Crippen molar-refractivity contribution in [3.8, 4) is 0 Å². The van der Waals surface area contributed by atoms with Crippen LogP contribution < -0.4 is 10.6 Å². The fraction of sp³-hybridized carbons (Fsp3) is 0.333. The Balaban J connectivity index is 1.49. The molecular weight excluding hydrogens is 462 g/mol. The van der Waals surface area contributed by atoms with Crippen LogP contribution in [0.2, 0.25) is 0 Å². The number of urea groups is 1. The highest BCUT2D eigenvalue weighted by molar-refractivity contribution is 5.95. The standard InChI is InChI=1S/C27H29N3O6/c1-3-35-26(33)23-21(28-27(34)29-24(23)19-12-8-5-9-13-19)16-36-25(32)20-14-22(31)30(15-20)17(2)18-10-6-4-7-11-18/h4-13,17,20,24H,3,14-16H2,1-2H3,(H2,28,29,34)/t17-,20-,24-/m1/s1. The zero-order chi connectivity index (χ0) is 25.7. The number of carbonyl (C=O) groups excluding carboxylic acids is 4. The molecule has 188 valence electrons. The molecule has 2 aromatic carbocycles. The van der Waals surface area contributed by atoms with Crippen LogP contribution in [0.3, 0.4) is 0 Å². The highest BCUT2D eigenvalue weighted by atomic mass is 16.5. The SMILES string of the molecule is CCOC(=O)C1=C(COC(=O)[C@@H]2CC(=O)N([C@H](C)c3ccccc3)C2)NC(=O)N[C@@H]1c1ccccc1. The number of rotatable bonds is 8. The van der Waals surface area contributed by atoms with Crippen molar-refractivity contribution in [2.75, 3.05) is 19.8 Å². The molecule has 0 saturated carbocycles. The number of benzene rings is 2. The fourth-order valence-corrected chi connectivity index (χ4v) is 4.51. The molecule has 3 amide bonds. The first-order valence-electron chi connectivity index (χ1n) is 11.9. The fourth-order valence-electron chi connectivity index (χ4n) is 4.51. The number of hydrogen-bond donors (Lipinski definition) is 2. The van der Waals surface area contributed by atoms with Crippen molar-refractivity contribution in [3.05, 3.63) is 83.1 Å². The van der Waals surface area contributed by atoms with Crippen LogP contribution in [0, 0.1) is 5.92 Å². The Morgan fingerprint density at radius 2 is 1.69 bits per heavy atom. The van der Waals surface area contributed by atoms with Gasteiger partial charge >= 0.3 is 18.0 Å². The maximum atomic E-state index is 12.9. The smallest absolute Gasteiger partial charge is 0.338 e. The summed E-state index contributed by atoms with van der Waals surface area (Å²) in [7, 11) is 0. The molecule has 1 fully saturated rings. The molecule has 0 unspecified atom stereocenters. The van der Waals surface area contributed by atoms with Crippen molar-refractivity contribution in [1.82, 2.24) is 15.5 Å². The molecule has 2 aliphatic rings. The summed E-state index contributed by atoms with van der Waals surface area (Å²) < 4.78 is 10.7. The predicted molar refractivity (Wildman–Crippen MR) is 130 cm³/mol. The van der Waals surface area contributed by atoms with Gasteiger partial charge in [-0.05, 0) is 25.0 Å². The van der Waals surface area contributed by atoms with Gasteiger partial charge in [-0.25, -0.2) is 9.59 Å². The minimum atomic E-state index is -0.761. The van der Waals surface area contributed by atoms with Crippen LogP contribution in [-0.2, 0) is 23.9 Å². The predicted octanol–water partition coefficient (Wildman–Crippen LogP) is 3.01. The molecule has 1 saturated heterocycles. The Kier molecular flexibility index (Phi) is 7.68. The maximum Gasteiger partial charge on any atom is 0.338 e. The lowest BCUT2D eigenvalue weighted by Gasteiger charge is -2.29. The van der Waals surface area contributed by atoms with Gasteiger partial charge in [0.15, 0.2) is 0 Å². The van der Waals surface area contributed by atoms with Gasteiger partial charge in [-0.2, -0.15) is 0 Å². The summed E-state index contributed by atoms with van der Waals surface area (Å²) in [5.41, 5.74) is 1.98. The molecule has 0 bridgehead atoms. The van der Waals surface area contributed by atoms with E-state index >= 15 is 0 Å². The summed E-state index contributed by atoms with van der Waals surface area (Å²) in [6.45, 7) is 3.65. The van der Waals surface area contributed by atoms with E-state index in [0.29, 0.717) is 5.56 Å². The van der Waals surface area contributed by atoms with Crippen molar-refractivity contribution in [2.24, 2.45) is 5.92 Å². The molecule has 36 heavy (non-hydrogen) atoms. The van der Waals surface area contributed by atoms with Crippen molar-refractivity contribution in [1.29, 1.82) is 0 Å². The first-order chi connectivity index (χ1) is 17.4. The molecule has 2 heterocycles. The summed E-state index contributed by atoms with van der Waals surface area (Å²) in [6, 6.07) is 17.1. The average molecular weight is 492 g/mol. The van der Waals surface area contributed by atoms with E-state index in [2.05, 4.69) is 10.6 Å². The first-order valence-corrected chi connectivity index (χ1v) is 11.9. The molecule has 0 spiro atoms. The molecule has 3 atom stereocenters. The Hall–Kier alpha value is -4.14. The quantitative estimate of drug-likeness (QED) is 0.549. The Morgan fingerprint density at radius 1 is 1.03 bits per heavy atom. The van der Waals surface area contributed by atoms with Crippen molar-refractivity contribution < 1.29 is 28.7 Å². The van der Waals surface area contributed by atoms with Crippen LogP contribution >= 0.6 is 0 Å². The van der Waals surface area contributed by atoms with Crippen LogP contribution in [0.25, 0.3) is 0 Å². The van der Waals surface area contributed by atoms with Crippen molar-refractivity contribution in [3.63, 3.8) is 0 Å². The lowest BCUT2D eigenvalue weighted by Crippen LogP contribution is -2.47. The molecule has 9 nitrogen and oxygen atoms in total. The summed E-state index contributed by atoms with van der Waals surface area (Å²) in [4.78, 5) is 52.4. The number of carbonyl (C=O) groups is 4. The minimum absolute atomic E-state index is 0.0420. The number of likely N-dealkylation sites (tertiary alicyclic amines) is 1. The lowest BCUT2D eigenvalue weighted by molar-refractivity contribution is -0.148. The summed E-state index contributed by atoms with van der Waals surface area (Å²) >= 11 is 0. The zero-order valence-electron chi connectivity index (χ0n) is 20.2. The van der Waals surface area contributed by atoms with Crippen molar-refractivity contribution in [2.45, 2.75) is 32.4 Å². The highest BCUT2D eigenvalue weighted by Crippen LogP contribution is 2.30. The average Bonchev–Trinajstić information content (AvgIpc) is 3.29. The number of nitrogens with one attached hydrogen (secondary N) is 2. The van der Waals surface area contributed by atoms with E-state index in [1.807, 2.05) is 43.3 Å². The lowest BCUT2D eigenvalue weighted by atomic mass is 9.95. The third-order valence-electron chi connectivity index (χ3n) is 6.38. The second-order valence-electron chi connectivity index (χ2n) is 8.70. The van der Waals surface area contributed by atoms with E-state index in [-0.39, 0.29) is 49.4 Å². The second-order valence-corrected chi connectivity index (χ2v) is 8.70. The van der Waals surface area contributed by atoms with E-state index < -0.39 is 29.9 Å². The van der Waals surface area contributed by atoms with E-state index in [4.69, 9.17) is 9.47 Å². The number of ether oxygens (including phenoxy) is 2. The van der Waals surface area contributed by atoms with Gasteiger partial charge in [0.05, 0.1) is 35.9 Å². The minimum Gasteiger partial charge on any atom is -0.463 e. The number of esters is 2.